The van der Waals surface area contributed by atoms with Gasteiger partial charge in [-0.1, -0.05) is 37.4 Å². The quantitative estimate of drug-likeness (QED) is 0.332. The second-order valence-corrected chi connectivity index (χ2v) is 8.31. The molecule has 1 aromatic rings. The molecule has 32 heavy (non-hydrogen) atoms. The number of thioether (sulfide) groups is 1. The van der Waals surface area contributed by atoms with Crippen molar-refractivity contribution in [2.24, 2.45) is 4.99 Å². The lowest BCUT2D eigenvalue weighted by Gasteiger charge is -2.33. The molecule has 0 bridgehead atoms. The van der Waals surface area contributed by atoms with Gasteiger partial charge in [0.1, 0.15) is 6.61 Å². The van der Waals surface area contributed by atoms with Gasteiger partial charge in [0.2, 0.25) is 5.91 Å². The summed E-state index contributed by atoms with van der Waals surface area (Å²) in [7, 11) is 0. The Morgan fingerprint density at radius 3 is 2.66 bits per heavy atom. The van der Waals surface area contributed by atoms with Crippen LogP contribution in [0.3, 0.4) is 0 Å². The van der Waals surface area contributed by atoms with Crippen molar-refractivity contribution in [3.05, 3.63) is 47.7 Å². The third kappa shape index (κ3) is 4.57. The van der Waals surface area contributed by atoms with E-state index in [-0.39, 0.29) is 29.1 Å². The Morgan fingerprint density at radius 2 is 2.03 bits per heavy atom. The number of amidine groups is 1. The van der Waals surface area contributed by atoms with Crippen LogP contribution < -0.4 is 9.47 Å². The van der Waals surface area contributed by atoms with Crippen LogP contribution in [0.5, 0.6) is 11.5 Å². The minimum absolute atomic E-state index is 0.0365. The number of allylic oxidation sites excluding steroid dienone is 1. The molecule has 2 heterocycles. The summed E-state index contributed by atoms with van der Waals surface area (Å²) in [5, 5.41) is 0.269. The Labute approximate surface area is 191 Å². The molecule has 0 saturated carbocycles. The number of esters is 2. The predicted molar refractivity (Wildman–Crippen MR) is 121 cm³/mol. The van der Waals surface area contributed by atoms with Crippen LogP contribution in [0.2, 0.25) is 0 Å². The standard InChI is InChI=1S/C23H26N2O6S/c1-6-11-30-22(28)19-13(4)24-23-25(21(27)18(7-2)32-23)20(19)15-9-10-16(31-14(5)26)17(12-15)29-8-3/h6,9-10,12,18,20H,1,7-8,11H2,2-5H3/t18-,20+/m1/s1. The van der Waals surface area contributed by atoms with Crippen LogP contribution in [-0.2, 0) is 19.1 Å². The maximum atomic E-state index is 13.2. The third-order valence-electron chi connectivity index (χ3n) is 4.91. The topological polar surface area (TPSA) is 94.5 Å². The average molecular weight is 459 g/mol. The zero-order chi connectivity index (χ0) is 23.4. The van der Waals surface area contributed by atoms with Crippen molar-refractivity contribution in [2.75, 3.05) is 13.2 Å². The highest BCUT2D eigenvalue weighted by atomic mass is 32.2. The summed E-state index contributed by atoms with van der Waals surface area (Å²) in [5.74, 6) is -0.572. The van der Waals surface area contributed by atoms with E-state index in [2.05, 4.69) is 11.6 Å². The van der Waals surface area contributed by atoms with Crippen molar-refractivity contribution in [3.63, 3.8) is 0 Å². The van der Waals surface area contributed by atoms with Crippen molar-refractivity contribution in [1.29, 1.82) is 0 Å². The SMILES string of the molecule is C=CCOC(=O)C1=C(C)N=C2S[C@H](CC)C(=O)N2[C@H]1c1ccc(OC(C)=O)c(OCC)c1. The van der Waals surface area contributed by atoms with Crippen molar-refractivity contribution in [2.45, 2.75) is 45.4 Å². The number of carbonyl (C=O) groups is 3. The van der Waals surface area contributed by atoms with Crippen LogP contribution in [0.15, 0.2) is 47.1 Å². The second-order valence-electron chi connectivity index (χ2n) is 7.14. The number of nitrogens with zero attached hydrogens (tertiary/aromatic N) is 2. The zero-order valence-electron chi connectivity index (χ0n) is 18.5. The largest absolute Gasteiger partial charge is 0.490 e. The van der Waals surface area contributed by atoms with Crippen LogP contribution in [0, 0.1) is 0 Å². The molecule has 1 amide bonds. The average Bonchev–Trinajstić information content (AvgIpc) is 3.07. The number of hydrogen-bond donors (Lipinski definition) is 0. The summed E-state index contributed by atoms with van der Waals surface area (Å²) >= 11 is 1.39. The van der Waals surface area contributed by atoms with E-state index in [1.54, 1.807) is 30.0 Å². The first-order valence-electron chi connectivity index (χ1n) is 10.3. The molecule has 0 aliphatic carbocycles. The Morgan fingerprint density at radius 1 is 1.28 bits per heavy atom. The number of rotatable bonds is 8. The van der Waals surface area contributed by atoms with E-state index in [1.165, 1.54) is 24.8 Å². The fraction of sp³-hybridized carbons (Fsp3) is 0.391. The van der Waals surface area contributed by atoms with E-state index in [0.717, 1.165) is 0 Å². The maximum Gasteiger partial charge on any atom is 0.338 e. The minimum atomic E-state index is -0.748. The van der Waals surface area contributed by atoms with Gasteiger partial charge in [0.05, 0.1) is 29.2 Å². The van der Waals surface area contributed by atoms with Crippen molar-refractivity contribution in [1.82, 2.24) is 4.90 Å². The molecule has 2 aliphatic rings. The fourth-order valence-corrected chi connectivity index (χ4v) is 4.71. The van der Waals surface area contributed by atoms with Gasteiger partial charge in [-0.05, 0) is 38.0 Å². The molecule has 3 rings (SSSR count). The Balaban J connectivity index is 2.14. The van der Waals surface area contributed by atoms with Gasteiger partial charge in [0.25, 0.3) is 0 Å². The summed E-state index contributed by atoms with van der Waals surface area (Å²) in [5.41, 5.74) is 1.37. The van der Waals surface area contributed by atoms with Crippen molar-refractivity contribution >= 4 is 34.8 Å². The summed E-state index contributed by atoms with van der Waals surface area (Å²) < 4.78 is 16.2. The first-order valence-corrected chi connectivity index (χ1v) is 11.2. The number of carbonyl (C=O) groups excluding carboxylic acids is 3. The summed E-state index contributed by atoms with van der Waals surface area (Å²) in [4.78, 5) is 43.7. The van der Waals surface area contributed by atoms with Gasteiger partial charge in [-0.15, -0.1) is 0 Å². The van der Waals surface area contributed by atoms with E-state index < -0.39 is 18.0 Å². The first kappa shape index (κ1) is 23.6. The lowest BCUT2D eigenvalue weighted by Crippen LogP contribution is -2.40. The molecule has 0 aromatic heterocycles. The molecule has 170 valence electrons. The Kier molecular flexibility index (Phi) is 7.40. The van der Waals surface area contributed by atoms with E-state index in [4.69, 9.17) is 14.2 Å². The van der Waals surface area contributed by atoms with Crippen molar-refractivity contribution in [3.8, 4) is 11.5 Å². The van der Waals surface area contributed by atoms with Crippen LogP contribution in [0.4, 0.5) is 0 Å². The van der Waals surface area contributed by atoms with Gasteiger partial charge < -0.3 is 14.2 Å². The second kappa shape index (κ2) is 10.0. The van der Waals surface area contributed by atoms with E-state index in [9.17, 15) is 14.4 Å². The molecule has 1 saturated heterocycles. The number of fused-ring (bicyclic) bond motifs is 1. The normalized spacial score (nSPS) is 19.9. The van der Waals surface area contributed by atoms with Crippen LogP contribution in [0.1, 0.15) is 45.7 Å². The summed E-state index contributed by atoms with van der Waals surface area (Å²) in [6, 6.07) is 4.24. The maximum absolute atomic E-state index is 13.2. The van der Waals surface area contributed by atoms with Gasteiger partial charge in [-0.25, -0.2) is 9.79 Å². The van der Waals surface area contributed by atoms with Crippen molar-refractivity contribution < 1.29 is 28.6 Å². The molecule has 0 N–H and O–H groups in total. The van der Waals surface area contributed by atoms with Crippen LogP contribution in [-0.4, -0.2) is 46.4 Å². The molecule has 8 nitrogen and oxygen atoms in total. The van der Waals surface area contributed by atoms with E-state index >= 15 is 0 Å². The molecule has 0 unspecified atom stereocenters. The molecule has 0 radical (unpaired) electrons. The van der Waals surface area contributed by atoms with Gasteiger partial charge in [0.15, 0.2) is 16.7 Å². The van der Waals surface area contributed by atoms with Crippen LogP contribution in [0.25, 0.3) is 0 Å². The first-order chi connectivity index (χ1) is 15.3. The highest BCUT2D eigenvalue weighted by Gasteiger charge is 2.47. The summed E-state index contributed by atoms with van der Waals surface area (Å²) in [6.45, 7) is 10.7. The minimum Gasteiger partial charge on any atom is -0.490 e. The van der Waals surface area contributed by atoms with E-state index in [0.29, 0.717) is 35.2 Å². The summed E-state index contributed by atoms with van der Waals surface area (Å²) in [6.07, 6.45) is 2.11. The fourth-order valence-electron chi connectivity index (χ4n) is 3.58. The molecule has 9 heteroatoms. The highest BCUT2D eigenvalue weighted by Crippen LogP contribution is 2.45. The number of aliphatic imine (C=N–C) groups is 1. The number of ether oxygens (including phenoxy) is 3. The monoisotopic (exact) mass is 458 g/mol. The number of amides is 1. The lowest BCUT2D eigenvalue weighted by molar-refractivity contribution is -0.139. The zero-order valence-corrected chi connectivity index (χ0v) is 19.4. The van der Waals surface area contributed by atoms with Gasteiger partial charge in [-0.3, -0.25) is 14.5 Å². The third-order valence-corrected chi connectivity index (χ3v) is 6.23. The molecule has 2 atom stereocenters. The lowest BCUT2D eigenvalue weighted by atomic mass is 9.93. The number of hydrogen-bond acceptors (Lipinski definition) is 8. The van der Waals surface area contributed by atoms with Gasteiger partial charge in [0, 0.05) is 6.92 Å². The molecular weight excluding hydrogens is 432 g/mol. The molecular formula is C23H26N2O6S. The Bertz CT molecular complexity index is 1020. The van der Waals surface area contributed by atoms with Crippen LogP contribution >= 0.6 is 11.8 Å². The Hall–Kier alpha value is -3.07. The van der Waals surface area contributed by atoms with E-state index in [1.807, 2.05) is 13.8 Å². The molecule has 1 fully saturated rings. The smallest absolute Gasteiger partial charge is 0.338 e. The van der Waals surface area contributed by atoms with Gasteiger partial charge in [-0.2, -0.15) is 0 Å². The van der Waals surface area contributed by atoms with Gasteiger partial charge >= 0.3 is 11.9 Å². The highest BCUT2D eigenvalue weighted by molar-refractivity contribution is 8.15. The molecule has 0 spiro atoms. The molecule has 2 aliphatic heterocycles. The number of benzene rings is 1. The molecule has 1 aromatic carbocycles. The predicted octanol–water partition coefficient (Wildman–Crippen LogP) is 3.78.